The summed E-state index contributed by atoms with van der Waals surface area (Å²) in [7, 11) is 0. The van der Waals surface area contributed by atoms with Crippen molar-refractivity contribution in [2.45, 2.75) is 54.4 Å². The van der Waals surface area contributed by atoms with Crippen LogP contribution in [0.4, 0.5) is 0 Å². The molecular weight excluding hydrogens is 323 g/mol. The average Bonchev–Trinajstić information content (AvgIpc) is 2.79. The van der Waals surface area contributed by atoms with Gasteiger partial charge >= 0.3 is 37.6 Å². The molecule has 0 fully saturated rings. The maximum Gasteiger partial charge on any atom is -0.147 e. The standard InChI is InChI=1S/2C7H9.C3H6.2ClH.Ti/c2*1-6-4-3-5-7(6)2;1-3-2;;;/h2*4H,5H2,1-2H3;1-2H3;2*1H;/q2*-1;;;;+2. The molecule has 0 atom stereocenters. The molecular formula is C17H26Cl2Ti. The molecule has 2 rings (SSSR count). The van der Waals surface area contributed by atoms with Crippen LogP contribution in [0, 0.1) is 12.2 Å². The van der Waals surface area contributed by atoms with Gasteiger partial charge in [-0.25, -0.2) is 23.3 Å². The number of hydrogen-bond donors (Lipinski definition) is 0. The van der Waals surface area contributed by atoms with E-state index in [2.05, 4.69) is 85.8 Å². The Morgan fingerprint density at radius 2 is 1.10 bits per heavy atom. The van der Waals surface area contributed by atoms with Gasteiger partial charge in [-0.15, -0.1) is 51.5 Å². The average molecular weight is 349 g/mol. The van der Waals surface area contributed by atoms with Crippen LogP contribution in [-0.2, 0) is 20.0 Å². The summed E-state index contributed by atoms with van der Waals surface area (Å²) in [4.78, 5) is 0. The third-order valence-electron chi connectivity index (χ3n) is 2.72. The largest absolute Gasteiger partial charge is 0.147 e. The molecule has 0 aliphatic heterocycles. The van der Waals surface area contributed by atoms with Crippen molar-refractivity contribution in [2.24, 2.45) is 0 Å². The first-order chi connectivity index (χ1) is 8.34. The van der Waals surface area contributed by atoms with Crippen molar-refractivity contribution in [1.29, 1.82) is 0 Å². The van der Waals surface area contributed by atoms with Gasteiger partial charge in [0.25, 0.3) is 0 Å². The van der Waals surface area contributed by atoms with Crippen LogP contribution in [0.3, 0.4) is 0 Å². The minimum Gasteiger partial charge on any atom is -0.147 e. The minimum atomic E-state index is 0. The zero-order valence-electron chi connectivity index (χ0n) is 13.4. The predicted molar refractivity (Wildman–Crippen MR) is 92.5 cm³/mol. The summed E-state index contributed by atoms with van der Waals surface area (Å²) in [6.07, 6.45) is 12.4. The van der Waals surface area contributed by atoms with Gasteiger partial charge in [0, 0.05) is 0 Å². The van der Waals surface area contributed by atoms with Crippen LogP contribution in [-0.4, -0.2) is 3.81 Å². The van der Waals surface area contributed by atoms with Gasteiger partial charge in [0.05, 0.1) is 0 Å². The van der Waals surface area contributed by atoms with Crippen molar-refractivity contribution in [3.05, 3.63) is 46.6 Å². The number of hydrogen-bond acceptors (Lipinski definition) is 0. The Hall–Kier alpha value is 0.124. The summed E-state index contributed by atoms with van der Waals surface area (Å²) in [5.74, 6) is 0. The molecule has 2 aliphatic rings. The van der Waals surface area contributed by atoms with Crippen LogP contribution in [0.25, 0.3) is 0 Å². The van der Waals surface area contributed by atoms with E-state index < -0.39 is 0 Å². The van der Waals surface area contributed by atoms with Crippen molar-refractivity contribution in [2.75, 3.05) is 0 Å². The van der Waals surface area contributed by atoms with E-state index in [-0.39, 0.29) is 24.8 Å². The summed E-state index contributed by atoms with van der Waals surface area (Å²) in [6.45, 7) is 12.7. The monoisotopic (exact) mass is 348 g/mol. The molecule has 112 valence electrons. The molecule has 0 unspecified atom stereocenters. The summed E-state index contributed by atoms with van der Waals surface area (Å²) < 4.78 is 1.42. The van der Waals surface area contributed by atoms with Gasteiger partial charge in [0.15, 0.2) is 0 Å². The first kappa shape index (κ1) is 25.1. The first-order valence-electron chi connectivity index (χ1n) is 6.32. The zero-order valence-corrected chi connectivity index (χ0v) is 16.6. The molecule has 0 saturated carbocycles. The van der Waals surface area contributed by atoms with Crippen molar-refractivity contribution in [3.8, 4) is 0 Å². The van der Waals surface area contributed by atoms with E-state index in [1.54, 1.807) is 0 Å². The molecule has 20 heavy (non-hydrogen) atoms. The van der Waals surface area contributed by atoms with E-state index in [4.69, 9.17) is 0 Å². The summed E-state index contributed by atoms with van der Waals surface area (Å²) >= 11 is 2.08. The second-order valence-corrected chi connectivity index (χ2v) is 6.54. The van der Waals surface area contributed by atoms with Crippen LogP contribution in [0.2, 0.25) is 0 Å². The van der Waals surface area contributed by atoms with Crippen LogP contribution in [0.5, 0.6) is 0 Å². The third-order valence-corrected chi connectivity index (χ3v) is 2.72. The van der Waals surface area contributed by atoms with Crippen LogP contribution in [0.15, 0.2) is 34.4 Å². The third kappa shape index (κ3) is 13.1. The van der Waals surface area contributed by atoms with E-state index in [0.717, 1.165) is 12.8 Å². The van der Waals surface area contributed by atoms with E-state index in [1.165, 1.54) is 26.1 Å². The normalized spacial score (nSPS) is 14.8. The Morgan fingerprint density at radius 3 is 1.15 bits per heavy atom. The fourth-order valence-electron chi connectivity index (χ4n) is 1.24. The maximum atomic E-state index is 3.12. The van der Waals surface area contributed by atoms with Gasteiger partial charge in [-0.3, -0.25) is 12.2 Å². The van der Waals surface area contributed by atoms with Crippen LogP contribution < -0.4 is 0 Å². The molecule has 0 saturated heterocycles. The topological polar surface area (TPSA) is 0 Å². The second kappa shape index (κ2) is 14.1. The van der Waals surface area contributed by atoms with Gasteiger partial charge in [-0.05, 0) is 0 Å². The molecule has 0 aromatic heterocycles. The molecule has 0 amide bonds. The van der Waals surface area contributed by atoms with Crippen LogP contribution in [0.1, 0.15) is 54.4 Å². The molecule has 0 radical (unpaired) electrons. The van der Waals surface area contributed by atoms with Gasteiger partial charge in [-0.1, -0.05) is 13.8 Å². The molecule has 0 nitrogen and oxygen atoms in total. The van der Waals surface area contributed by atoms with E-state index in [0.29, 0.717) is 0 Å². The first-order valence-corrected chi connectivity index (χ1v) is 7.10. The van der Waals surface area contributed by atoms with Crippen molar-refractivity contribution >= 4 is 28.6 Å². The zero-order chi connectivity index (χ0) is 14.1. The number of rotatable bonds is 0. The van der Waals surface area contributed by atoms with Gasteiger partial charge < -0.3 is 0 Å². The quantitative estimate of drug-likeness (QED) is 0.385. The Labute approximate surface area is 149 Å². The van der Waals surface area contributed by atoms with E-state index in [1.807, 2.05) is 0 Å². The molecule has 0 heterocycles. The Bertz CT molecular complexity index is 375. The van der Waals surface area contributed by atoms with Gasteiger partial charge in [0.2, 0.25) is 0 Å². The minimum absolute atomic E-state index is 0. The Kier molecular flexibility index (Phi) is 17.7. The summed E-state index contributed by atoms with van der Waals surface area (Å²) in [6, 6.07) is 0. The molecule has 0 aromatic rings. The molecule has 2 aliphatic carbocycles. The van der Waals surface area contributed by atoms with Crippen molar-refractivity contribution in [3.63, 3.8) is 0 Å². The summed E-state index contributed by atoms with van der Waals surface area (Å²) in [5, 5.41) is 0. The van der Waals surface area contributed by atoms with Crippen LogP contribution >= 0.6 is 24.8 Å². The SMILES string of the molecule is CC1=C(C)C[C-]=C1.CC1=C(C)C[C-]=C1.C[C](C)=[Ti+2].Cl.Cl. The van der Waals surface area contributed by atoms with Gasteiger partial charge in [0.1, 0.15) is 0 Å². The predicted octanol–water partition coefficient (Wildman–Crippen LogP) is 5.76. The maximum absolute atomic E-state index is 3.12. The van der Waals surface area contributed by atoms with Crippen molar-refractivity contribution in [1.82, 2.24) is 0 Å². The smallest absolute Gasteiger partial charge is 0.147 e. The fraction of sp³-hybridized carbons (Fsp3) is 0.471. The van der Waals surface area contributed by atoms with E-state index >= 15 is 0 Å². The number of halogens is 2. The number of allylic oxidation sites excluding steroid dienone is 8. The molecule has 0 bridgehead atoms. The molecule has 0 N–H and O–H groups in total. The Balaban J connectivity index is -0.000000215. The molecule has 3 heteroatoms. The molecule has 0 spiro atoms. The van der Waals surface area contributed by atoms with Crippen molar-refractivity contribution < 1.29 is 20.0 Å². The molecule has 0 aromatic carbocycles. The fourth-order valence-corrected chi connectivity index (χ4v) is 1.24. The Morgan fingerprint density at radius 1 is 0.850 bits per heavy atom. The van der Waals surface area contributed by atoms with E-state index in [9.17, 15) is 0 Å². The van der Waals surface area contributed by atoms with Gasteiger partial charge in [-0.2, -0.15) is 11.1 Å². The summed E-state index contributed by atoms with van der Waals surface area (Å²) in [5.41, 5.74) is 5.69. The second-order valence-electron chi connectivity index (χ2n) is 4.98.